The summed E-state index contributed by atoms with van der Waals surface area (Å²) in [7, 11) is 0. The van der Waals surface area contributed by atoms with Crippen LogP contribution in [-0.2, 0) is 0 Å². The number of aromatic nitrogens is 3. The molecule has 0 radical (unpaired) electrons. The molecule has 0 saturated heterocycles. The van der Waals surface area contributed by atoms with Gasteiger partial charge in [-0.1, -0.05) is 13.0 Å². The van der Waals surface area contributed by atoms with Crippen molar-refractivity contribution in [2.24, 2.45) is 0 Å². The van der Waals surface area contributed by atoms with Crippen LogP contribution in [0.3, 0.4) is 0 Å². The molecule has 0 aliphatic heterocycles. The van der Waals surface area contributed by atoms with Crippen molar-refractivity contribution in [2.75, 3.05) is 11.9 Å². The van der Waals surface area contributed by atoms with Crippen LogP contribution >= 0.6 is 15.9 Å². The molecule has 104 valence electrons. The Morgan fingerprint density at radius 2 is 2.15 bits per heavy atom. The van der Waals surface area contributed by atoms with Crippen LogP contribution < -0.4 is 5.32 Å². The zero-order valence-corrected chi connectivity index (χ0v) is 13.0. The van der Waals surface area contributed by atoms with E-state index < -0.39 is 0 Å². The molecule has 0 unspecified atom stereocenters. The summed E-state index contributed by atoms with van der Waals surface area (Å²) in [5, 5.41) is 3.37. The zero-order chi connectivity index (χ0) is 13.9. The van der Waals surface area contributed by atoms with Crippen molar-refractivity contribution in [2.45, 2.75) is 32.1 Å². The van der Waals surface area contributed by atoms with Gasteiger partial charge in [-0.3, -0.25) is 4.98 Å². The van der Waals surface area contributed by atoms with Crippen LogP contribution in [0.4, 0.5) is 5.82 Å². The van der Waals surface area contributed by atoms with Crippen LogP contribution in [0.25, 0.3) is 11.5 Å². The van der Waals surface area contributed by atoms with Gasteiger partial charge in [0.25, 0.3) is 0 Å². The van der Waals surface area contributed by atoms with Gasteiger partial charge >= 0.3 is 0 Å². The molecule has 0 atom stereocenters. The van der Waals surface area contributed by atoms with Gasteiger partial charge in [0.15, 0.2) is 5.82 Å². The lowest BCUT2D eigenvalue weighted by Gasteiger charge is -2.12. The van der Waals surface area contributed by atoms with Crippen LogP contribution in [0.15, 0.2) is 28.9 Å². The lowest BCUT2D eigenvalue weighted by Crippen LogP contribution is -2.07. The van der Waals surface area contributed by atoms with E-state index in [1.807, 2.05) is 18.2 Å². The Morgan fingerprint density at radius 1 is 1.30 bits per heavy atom. The van der Waals surface area contributed by atoms with Crippen LogP contribution in [-0.4, -0.2) is 21.5 Å². The summed E-state index contributed by atoms with van der Waals surface area (Å²) in [6, 6.07) is 5.81. The minimum absolute atomic E-state index is 0.567. The third-order valence-corrected chi connectivity index (χ3v) is 4.06. The summed E-state index contributed by atoms with van der Waals surface area (Å²) in [6.45, 7) is 3.05. The van der Waals surface area contributed by atoms with E-state index in [4.69, 9.17) is 4.98 Å². The summed E-state index contributed by atoms with van der Waals surface area (Å²) in [6.07, 6.45) is 5.26. The highest BCUT2D eigenvalue weighted by Gasteiger charge is 2.29. The van der Waals surface area contributed by atoms with E-state index in [1.165, 1.54) is 12.8 Å². The minimum atomic E-state index is 0.567. The first-order chi connectivity index (χ1) is 9.79. The van der Waals surface area contributed by atoms with Gasteiger partial charge in [0.05, 0.1) is 10.2 Å². The van der Waals surface area contributed by atoms with Gasteiger partial charge in [-0.2, -0.15) is 0 Å². The average molecular weight is 333 g/mol. The number of pyridine rings is 1. The number of hydrogen-bond donors (Lipinski definition) is 1. The van der Waals surface area contributed by atoms with Gasteiger partial charge in [-0.15, -0.1) is 0 Å². The molecule has 1 fully saturated rings. The first-order valence-corrected chi connectivity index (χ1v) is 7.81. The lowest BCUT2D eigenvalue weighted by molar-refractivity contribution is 0.937. The van der Waals surface area contributed by atoms with E-state index in [1.54, 1.807) is 6.20 Å². The molecule has 2 heterocycles. The molecule has 1 aliphatic rings. The SMILES string of the molecule is CCCNc1nc(-c2ccccn2)nc(C2CC2)c1Br. The van der Waals surface area contributed by atoms with Crippen molar-refractivity contribution in [1.82, 2.24) is 15.0 Å². The molecule has 0 amide bonds. The summed E-state index contributed by atoms with van der Waals surface area (Å²) >= 11 is 3.65. The van der Waals surface area contributed by atoms with Crippen LogP contribution in [0.2, 0.25) is 0 Å². The standard InChI is InChI=1S/C15H17BrN4/c1-2-8-18-15-12(16)13(10-6-7-10)19-14(20-15)11-5-3-4-9-17-11/h3-5,9-10H,2,6-8H2,1H3,(H,18,19,20). The molecule has 3 rings (SSSR count). The molecule has 2 aromatic rings. The maximum atomic E-state index is 4.71. The first-order valence-electron chi connectivity index (χ1n) is 7.02. The Labute approximate surface area is 127 Å². The second kappa shape index (κ2) is 5.87. The van der Waals surface area contributed by atoms with Crippen molar-refractivity contribution in [3.8, 4) is 11.5 Å². The van der Waals surface area contributed by atoms with Gasteiger partial charge in [0.1, 0.15) is 11.5 Å². The summed E-state index contributed by atoms with van der Waals surface area (Å²) in [4.78, 5) is 13.7. The number of hydrogen-bond acceptors (Lipinski definition) is 4. The molecule has 0 spiro atoms. The predicted octanol–water partition coefficient (Wildman–Crippen LogP) is 4.00. The molecule has 1 aliphatic carbocycles. The fourth-order valence-electron chi connectivity index (χ4n) is 2.06. The first kappa shape index (κ1) is 13.5. The Morgan fingerprint density at radius 3 is 2.80 bits per heavy atom. The highest BCUT2D eigenvalue weighted by molar-refractivity contribution is 9.10. The van der Waals surface area contributed by atoms with Crippen molar-refractivity contribution in [3.05, 3.63) is 34.6 Å². The summed E-state index contributed by atoms with van der Waals surface area (Å²) < 4.78 is 1.01. The van der Waals surface area contributed by atoms with Crippen LogP contribution in [0.5, 0.6) is 0 Å². The summed E-state index contributed by atoms with van der Waals surface area (Å²) in [5.74, 6) is 2.15. The van der Waals surface area contributed by atoms with Gasteiger partial charge in [0, 0.05) is 18.7 Å². The van der Waals surface area contributed by atoms with Crippen LogP contribution in [0, 0.1) is 0 Å². The molecule has 4 nitrogen and oxygen atoms in total. The quantitative estimate of drug-likeness (QED) is 0.898. The topological polar surface area (TPSA) is 50.7 Å². The maximum absolute atomic E-state index is 4.71. The van der Waals surface area contributed by atoms with Crippen molar-refractivity contribution >= 4 is 21.7 Å². The largest absolute Gasteiger partial charge is 0.369 e. The molecular weight excluding hydrogens is 316 g/mol. The Bertz CT molecular complexity index is 596. The second-order valence-corrected chi connectivity index (χ2v) is 5.80. The molecule has 1 saturated carbocycles. The van der Waals surface area contributed by atoms with E-state index in [0.717, 1.165) is 34.6 Å². The van der Waals surface area contributed by atoms with Crippen molar-refractivity contribution in [3.63, 3.8) is 0 Å². The number of anilines is 1. The number of nitrogens with zero attached hydrogens (tertiary/aromatic N) is 3. The molecule has 0 aromatic carbocycles. The smallest absolute Gasteiger partial charge is 0.180 e. The van der Waals surface area contributed by atoms with Gasteiger partial charge in [-0.05, 0) is 47.3 Å². The highest BCUT2D eigenvalue weighted by atomic mass is 79.9. The van der Waals surface area contributed by atoms with Gasteiger partial charge < -0.3 is 5.32 Å². The van der Waals surface area contributed by atoms with E-state index in [2.05, 4.69) is 38.1 Å². The molecule has 2 aromatic heterocycles. The molecule has 20 heavy (non-hydrogen) atoms. The number of halogens is 1. The fraction of sp³-hybridized carbons (Fsp3) is 0.400. The molecule has 0 bridgehead atoms. The van der Waals surface area contributed by atoms with Gasteiger partial charge in [0.2, 0.25) is 0 Å². The van der Waals surface area contributed by atoms with E-state index in [0.29, 0.717) is 11.7 Å². The Kier molecular flexibility index (Phi) is 3.96. The molecular formula is C15H17BrN4. The highest BCUT2D eigenvalue weighted by Crippen LogP contribution is 2.44. The fourth-order valence-corrected chi connectivity index (χ4v) is 2.70. The number of rotatable bonds is 5. The Hall–Kier alpha value is -1.49. The normalized spacial score (nSPS) is 14.3. The lowest BCUT2D eigenvalue weighted by atomic mass is 10.2. The molecule has 1 N–H and O–H groups in total. The maximum Gasteiger partial charge on any atom is 0.180 e. The third kappa shape index (κ3) is 2.82. The monoisotopic (exact) mass is 332 g/mol. The van der Waals surface area contributed by atoms with E-state index in [-0.39, 0.29) is 0 Å². The van der Waals surface area contributed by atoms with Crippen molar-refractivity contribution < 1.29 is 0 Å². The number of nitrogens with one attached hydrogen (secondary N) is 1. The van der Waals surface area contributed by atoms with Crippen LogP contribution in [0.1, 0.15) is 37.8 Å². The third-order valence-electron chi connectivity index (χ3n) is 3.28. The van der Waals surface area contributed by atoms with E-state index in [9.17, 15) is 0 Å². The Balaban J connectivity index is 2.03. The zero-order valence-electron chi connectivity index (χ0n) is 11.4. The summed E-state index contributed by atoms with van der Waals surface area (Å²) in [5.41, 5.74) is 1.93. The molecule has 5 heteroatoms. The van der Waals surface area contributed by atoms with E-state index >= 15 is 0 Å². The minimum Gasteiger partial charge on any atom is -0.369 e. The van der Waals surface area contributed by atoms with Gasteiger partial charge in [-0.25, -0.2) is 9.97 Å². The van der Waals surface area contributed by atoms with Crippen molar-refractivity contribution in [1.29, 1.82) is 0 Å². The predicted molar refractivity (Wildman–Crippen MR) is 83.7 cm³/mol. The second-order valence-electron chi connectivity index (χ2n) is 5.01. The average Bonchev–Trinajstić information content (AvgIpc) is 3.32.